The molecule has 0 aromatic carbocycles. The lowest BCUT2D eigenvalue weighted by molar-refractivity contribution is -0.319. The highest BCUT2D eigenvalue weighted by molar-refractivity contribution is 8.04. The molecule has 14 N–H and O–H groups in total. The van der Waals surface area contributed by atoms with Gasteiger partial charge in [0.15, 0.2) is 18.2 Å². The van der Waals surface area contributed by atoms with E-state index in [0.29, 0.717) is 17.3 Å². The highest BCUT2D eigenvalue weighted by atomic mass is 32.2. The van der Waals surface area contributed by atoms with Crippen LogP contribution >= 0.6 is 11.8 Å². The SMILES string of the molecule is COC1=C2C[C@@H](C)C[C@H](OC)[C@H](O)[C@@H](C)/C=C(/C)[C@H](OC(N)=O)[C@@H](OC)/C=C\C=C(\C)C(=O)NC(=C(SC[C@H](NC(C)=O)C(=O)N[C@H]3[C@@H](OC4[C@H](O)[C@H](O)C(O)[C@H](O)[C@H]4O)O[C@H](CO)[C@@H](O)[C@@H]3O)C1=O)C2=O. The number of nitrogens with two attached hydrogens (primary N) is 1. The summed E-state index contributed by atoms with van der Waals surface area (Å²) in [6.07, 6.45) is -19.1. The fourth-order valence-corrected chi connectivity index (χ4v) is 9.76. The van der Waals surface area contributed by atoms with Gasteiger partial charge in [0.05, 0.1) is 30.8 Å². The first-order valence-electron chi connectivity index (χ1n) is 22.9. The van der Waals surface area contributed by atoms with Gasteiger partial charge in [0.2, 0.25) is 23.4 Å². The van der Waals surface area contributed by atoms with Crippen LogP contribution in [0.2, 0.25) is 0 Å². The smallest absolute Gasteiger partial charge is 0.405 e. The molecule has 2 unspecified atom stereocenters. The number of ketones is 2. The van der Waals surface area contributed by atoms with Crippen LogP contribution < -0.4 is 21.7 Å². The van der Waals surface area contributed by atoms with Crippen LogP contribution in [0, 0.1) is 11.8 Å². The van der Waals surface area contributed by atoms with Crippen molar-refractivity contribution in [2.24, 2.45) is 17.6 Å². The van der Waals surface area contributed by atoms with Crippen molar-refractivity contribution in [3.8, 4) is 0 Å². The van der Waals surface area contributed by atoms with Crippen LogP contribution in [0.15, 0.2) is 57.4 Å². The monoisotopic (exact) mass is 1040 g/mol. The highest BCUT2D eigenvalue weighted by Gasteiger charge is 2.53. The summed E-state index contributed by atoms with van der Waals surface area (Å²) in [5, 5.41) is 103. The van der Waals surface area contributed by atoms with Crippen LogP contribution in [0.1, 0.15) is 47.5 Å². The molecular formula is C46H68N4O21S. The summed E-state index contributed by atoms with van der Waals surface area (Å²) in [7, 11) is 3.87. The van der Waals surface area contributed by atoms with E-state index < -0.39 is 174 Å². The number of rotatable bonds is 13. The molecule has 4 rings (SSSR count). The van der Waals surface area contributed by atoms with E-state index in [2.05, 4.69) is 16.0 Å². The molecule has 25 nitrogen and oxygen atoms in total. The van der Waals surface area contributed by atoms with Crippen molar-refractivity contribution in [3.05, 3.63) is 57.4 Å². The molecule has 2 aliphatic carbocycles. The molecule has 72 heavy (non-hydrogen) atoms. The molecule has 4 amide bonds. The molecule has 4 aliphatic rings. The maximum absolute atomic E-state index is 14.6. The van der Waals surface area contributed by atoms with Crippen molar-refractivity contribution >= 4 is 47.1 Å². The zero-order valence-electron chi connectivity index (χ0n) is 40.9. The van der Waals surface area contributed by atoms with Gasteiger partial charge in [-0.25, -0.2) is 4.79 Å². The molecule has 404 valence electrons. The summed E-state index contributed by atoms with van der Waals surface area (Å²) in [4.78, 5) is 81.3. The summed E-state index contributed by atoms with van der Waals surface area (Å²) >= 11 is 0.540. The molecule has 0 radical (unpaired) electrons. The van der Waals surface area contributed by atoms with Gasteiger partial charge in [0, 0.05) is 44.0 Å². The number of allylic oxidation sites excluding steroid dienone is 4. The maximum Gasteiger partial charge on any atom is 0.405 e. The fraction of sp³-hybridized carbons (Fsp3) is 0.652. The van der Waals surface area contributed by atoms with Crippen molar-refractivity contribution in [2.45, 2.75) is 145 Å². The molecule has 2 bridgehead atoms. The Kier molecular flexibility index (Phi) is 22.1. The van der Waals surface area contributed by atoms with Crippen molar-refractivity contribution < 1.29 is 103 Å². The molecule has 26 heteroatoms. The lowest BCUT2D eigenvalue weighted by Crippen LogP contribution is -2.69. The Morgan fingerprint density at radius 2 is 1.51 bits per heavy atom. The van der Waals surface area contributed by atoms with Gasteiger partial charge >= 0.3 is 6.09 Å². The number of thioether (sulfide) groups is 1. The number of Topliss-reactive ketones (excluding diaryl/α,β-unsaturated/α-hetero) is 2. The number of hydrogen-bond acceptors (Lipinski definition) is 22. The van der Waals surface area contributed by atoms with E-state index in [4.69, 9.17) is 34.2 Å². The highest BCUT2D eigenvalue weighted by Crippen LogP contribution is 2.36. The topological polar surface area (TPSA) is 402 Å². The minimum absolute atomic E-state index is 0.00788. The Bertz CT molecular complexity index is 2130. The number of ether oxygens (including phenoxy) is 6. The van der Waals surface area contributed by atoms with Gasteiger partial charge < -0.3 is 96.1 Å². The van der Waals surface area contributed by atoms with E-state index in [0.717, 1.165) is 14.0 Å². The Labute approximate surface area is 419 Å². The Morgan fingerprint density at radius 1 is 0.889 bits per heavy atom. The molecule has 18 atom stereocenters. The number of carbonyl (C=O) groups is 6. The predicted octanol–water partition coefficient (Wildman–Crippen LogP) is -3.90. The third-order valence-electron chi connectivity index (χ3n) is 12.7. The summed E-state index contributed by atoms with van der Waals surface area (Å²) in [5.41, 5.74) is 5.19. The van der Waals surface area contributed by atoms with Gasteiger partial charge in [-0.2, -0.15) is 0 Å². The number of aliphatic hydroxyl groups is 9. The number of aliphatic hydroxyl groups excluding tert-OH is 9. The van der Waals surface area contributed by atoms with Gasteiger partial charge in [0.1, 0.15) is 78.8 Å². The molecule has 0 aromatic heterocycles. The third-order valence-corrected chi connectivity index (χ3v) is 13.9. The number of primary amides is 1. The van der Waals surface area contributed by atoms with Crippen molar-refractivity contribution in [3.63, 3.8) is 0 Å². The largest absolute Gasteiger partial charge is 0.492 e. The zero-order chi connectivity index (χ0) is 54.0. The second-order valence-corrected chi connectivity index (χ2v) is 19.1. The number of amides is 4. The number of nitrogens with one attached hydrogen (secondary N) is 3. The number of hydrogen-bond donors (Lipinski definition) is 13. The molecule has 1 saturated carbocycles. The van der Waals surface area contributed by atoms with Gasteiger partial charge in [-0.1, -0.05) is 38.2 Å². The lowest BCUT2D eigenvalue weighted by atomic mass is 9.84. The normalized spacial score (nSPS) is 37.8. The number of fused-ring (bicyclic) bond motifs is 2. The van der Waals surface area contributed by atoms with Crippen LogP contribution in [0.4, 0.5) is 4.79 Å². The first-order chi connectivity index (χ1) is 33.8. The maximum atomic E-state index is 14.6. The lowest BCUT2D eigenvalue weighted by Gasteiger charge is -2.47. The van der Waals surface area contributed by atoms with E-state index in [1.54, 1.807) is 26.8 Å². The summed E-state index contributed by atoms with van der Waals surface area (Å²) in [6, 6.07) is -3.54. The first-order valence-corrected chi connectivity index (χ1v) is 23.9. The van der Waals surface area contributed by atoms with Crippen LogP contribution in [0.5, 0.6) is 0 Å². The first kappa shape index (κ1) is 59.9. The Hall–Kier alpha value is -4.65. The van der Waals surface area contributed by atoms with Crippen LogP contribution in [-0.4, -0.2) is 213 Å². The summed E-state index contributed by atoms with van der Waals surface area (Å²) in [5.74, 6) is -6.68. The van der Waals surface area contributed by atoms with E-state index in [-0.39, 0.29) is 24.0 Å². The average molecular weight is 1050 g/mol. The van der Waals surface area contributed by atoms with Crippen molar-refractivity contribution in [2.75, 3.05) is 33.7 Å². The molecular weight excluding hydrogens is 977 g/mol. The molecule has 2 heterocycles. The summed E-state index contributed by atoms with van der Waals surface area (Å²) < 4.78 is 33.5. The van der Waals surface area contributed by atoms with Crippen molar-refractivity contribution in [1.82, 2.24) is 16.0 Å². The Balaban J connectivity index is 1.76. The third kappa shape index (κ3) is 14.1. The second kappa shape index (κ2) is 26.5. The molecule has 0 aromatic rings. The molecule has 2 fully saturated rings. The summed E-state index contributed by atoms with van der Waals surface area (Å²) in [6.45, 7) is 6.60. The van der Waals surface area contributed by atoms with Crippen LogP contribution in [0.3, 0.4) is 0 Å². The van der Waals surface area contributed by atoms with E-state index >= 15 is 0 Å². The standard InChI is InChI=1S/C46H68N4O21S/c1-17-12-22-30(54)27(49-43(63)18(2)10-9-11-24(66-6)39(71-46(47)65)20(4)14-19(3)29(53)25(13-17)67-7)42(38(62)40(22)68-8)72-16-23(48-21(5)52)44(64)50-28-32(56)31(55)26(15-51)69-45(28)70-41-36(60)34(58)33(57)35(59)37(41)61/h9-11,14,17,19,23-26,28-29,31-37,39,41,45,51,53,55-61H,12-13,15-16H2,1-8H3,(H2,47,65)(H,48,52)(H,49,63)(H,50,64)/b11-9-,18-10-,20-14-/t17-,19+,23+,24+,25+,26-,28-,29-,31-,32-,33?,34-,35+,36-,37-,39+,41?,45-/m1/s1. The minimum Gasteiger partial charge on any atom is -0.492 e. The van der Waals surface area contributed by atoms with E-state index in [1.165, 1.54) is 39.4 Å². The number of methoxy groups -OCH3 is 3. The van der Waals surface area contributed by atoms with Gasteiger partial charge in [-0.3, -0.25) is 24.0 Å². The molecule has 1 saturated heterocycles. The Morgan fingerprint density at radius 3 is 2.07 bits per heavy atom. The predicted molar refractivity (Wildman–Crippen MR) is 250 cm³/mol. The average Bonchev–Trinajstić information content (AvgIpc) is 3.33. The van der Waals surface area contributed by atoms with Gasteiger partial charge in [0.25, 0.3) is 5.91 Å². The van der Waals surface area contributed by atoms with Crippen molar-refractivity contribution in [1.29, 1.82) is 0 Å². The second-order valence-electron chi connectivity index (χ2n) is 18.1. The molecule has 2 aliphatic heterocycles. The van der Waals surface area contributed by atoms with Crippen LogP contribution in [-0.2, 0) is 52.4 Å². The fourth-order valence-electron chi connectivity index (χ4n) is 8.68. The quantitative estimate of drug-likeness (QED) is 0.0619. The van der Waals surface area contributed by atoms with Crippen LogP contribution in [0.25, 0.3) is 0 Å². The van der Waals surface area contributed by atoms with Gasteiger partial charge in [-0.05, 0) is 38.2 Å². The minimum atomic E-state index is -2.09. The van der Waals surface area contributed by atoms with E-state index in [9.17, 15) is 74.7 Å². The molecule has 0 spiro atoms. The zero-order valence-corrected chi connectivity index (χ0v) is 41.8. The number of carbonyl (C=O) groups excluding carboxylic acids is 6. The van der Waals surface area contributed by atoms with Gasteiger partial charge in [-0.15, -0.1) is 11.8 Å². The van der Waals surface area contributed by atoms with E-state index in [1.807, 2.05) is 0 Å².